The summed E-state index contributed by atoms with van der Waals surface area (Å²) in [6, 6.07) is 7.07. The predicted octanol–water partition coefficient (Wildman–Crippen LogP) is 4.54. The van der Waals surface area contributed by atoms with Crippen molar-refractivity contribution in [1.29, 1.82) is 0 Å². The molecule has 0 unspecified atom stereocenters. The Labute approximate surface area is 180 Å². The fourth-order valence-electron chi connectivity index (χ4n) is 4.75. The zero-order chi connectivity index (χ0) is 20.9. The highest BCUT2D eigenvalue weighted by Crippen LogP contribution is 2.34. The molecule has 6 nitrogen and oxygen atoms in total. The molecule has 2 N–H and O–H groups in total. The standard InChI is InChI=1S/C22H25N3OS.CH2O2/c26-22(20-19-6-2-1-4-16(19)14-27-20)24-17-7-9-18(10-8-17)25-13-3-5-15-11-12-23-21(15)25;2-1-3/h3,5,11-14,17-18H,1-2,4,6-10H2,(H,24,26);1H,(H,2,3). The maximum absolute atomic E-state index is 12.8. The van der Waals surface area contributed by atoms with E-state index in [0.29, 0.717) is 12.1 Å². The van der Waals surface area contributed by atoms with Gasteiger partial charge in [0.2, 0.25) is 0 Å². The third-order valence-electron chi connectivity index (χ3n) is 6.21. The molecule has 3 heterocycles. The molecular weight excluding hydrogens is 398 g/mol. The molecule has 0 bridgehead atoms. The number of hydrogen-bond donors (Lipinski definition) is 2. The summed E-state index contributed by atoms with van der Waals surface area (Å²) in [6.45, 7) is -0.250. The van der Waals surface area contributed by atoms with Crippen molar-refractivity contribution in [1.82, 2.24) is 14.9 Å². The number of amides is 1. The van der Waals surface area contributed by atoms with Gasteiger partial charge < -0.3 is 15.0 Å². The summed E-state index contributed by atoms with van der Waals surface area (Å²) in [7, 11) is 0. The van der Waals surface area contributed by atoms with Crippen LogP contribution in [0.2, 0.25) is 0 Å². The topological polar surface area (TPSA) is 84.2 Å². The van der Waals surface area contributed by atoms with E-state index in [2.05, 4.69) is 44.6 Å². The Hall–Kier alpha value is -2.67. The SMILES string of the molecule is O=C(NC1CCC(n2cccc3ccnc2-3)CC1)c1scc2c1CCCC2.O=CO. The van der Waals surface area contributed by atoms with Gasteiger partial charge in [0.25, 0.3) is 12.4 Å². The lowest BCUT2D eigenvalue weighted by Gasteiger charge is -2.31. The smallest absolute Gasteiger partial charge is 0.290 e. The van der Waals surface area contributed by atoms with Crippen molar-refractivity contribution >= 4 is 23.7 Å². The number of carbonyl (C=O) groups is 2. The van der Waals surface area contributed by atoms with E-state index < -0.39 is 0 Å². The van der Waals surface area contributed by atoms with Crippen molar-refractivity contribution in [2.24, 2.45) is 0 Å². The first-order valence-corrected chi connectivity index (χ1v) is 11.5. The first-order chi connectivity index (χ1) is 14.7. The molecule has 1 aromatic rings. The van der Waals surface area contributed by atoms with E-state index in [4.69, 9.17) is 9.90 Å². The first-order valence-electron chi connectivity index (χ1n) is 10.6. The quantitative estimate of drug-likeness (QED) is 0.603. The van der Waals surface area contributed by atoms with Crippen molar-refractivity contribution in [3.05, 3.63) is 52.0 Å². The van der Waals surface area contributed by atoms with Gasteiger partial charge in [0.15, 0.2) is 0 Å². The van der Waals surface area contributed by atoms with Gasteiger partial charge in [-0.3, -0.25) is 9.59 Å². The Balaban J connectivity index is 0.000000687. The van der Waals surface area contributed by atoms with Gasteiger partial charge >= 0.3 is 0 Å². The Morgan fingerprint density at radius 1 is 1.20 bits per heavy atom. The monoisotopic (exact) mass is 425 g/mol. The minimum atomic E-state index is -0.250. The number of aryl methyl sites for hydroxylation is 1. The zero-order valence-electron chi connectivity index (χ0n) is 16.9. The van der Waals surface area contributed by atoms with Crippen LogP contribution in [0.4, 0.5) is 0 Å². The van der Waals surface area contributed by atoms with Gasteiger partial charge in [-0.15, -0.1) is 11.3 Å². The average molecular weight is 426 g/mol. The summed E-state index contributed by atoms with van der Waals surface area (Å²) < 4.78 is 2.32. The lowest BCUT2D eigenvalue weighted by atomic mass is 9.90. The molecule has 0 atom stereocenters. The van der Waals surface area contributed by atoms with Crippen LogP contribution in [0.1, 0.15) is 65.4 Å². The summed E-state index contributed by atoms with van der Waals surface area (Å²) in [4.78, 5) is 26.7. The zero-order valence-corrected chi connectivity index (χ0v) is 17.7. The van der Waals surface area contributed by atoms with Crippen LogP contribution >= 0.6 is 11.3 Å². The fraction of sp³-hybridized carbons (Fsp3) is 0.435. The maximum Gasteiger partial charge on any atom is 0.290 e. The highest BCUT2D eigenvalue weighted by atomic mass is 32.1. The number of nitrogens with one attached hydrogen (secondary N) is 1. The summed E-state index contributed by atoms with van der Waals surface area (Å²) in [6.07, 6.45) is 13.0. The molecule has 1 amide bonds. The van der Waals surface area contributed by atoms with E-state index in [1.54, 1.807) is 11.3 Å². The number of thiophene rings is 1. The van der Waals surface area contributed by atoms with Gasteiger partial charge in [-0.2, -0.15) is 0 Å². The number of rotatable bonds is 3. The number of carboxylic acid groups (broad SMARTS) is 1. The van der Waals surface area contributed by atoms with E-state index >= 15 is 0 Å². The average Bonchev–Trinajstić information content (AvgIpc) is 3.42. The molecule has 0 radical (unpaired) electrons. The molecule has 30 heavy (non-hydrogen) atoms. The molecule has 0 saturated heterocycles. The molecule has 1 fully saturated rings. The van der Waals surface area contributed by atoms with E-state index in [1.165, 1.54) is 29.5 Å². The fourth-order valence-corrected chi connectivity index (χ4v) is 5.81. The Kier molecular flexibility index (Phi) is 6.47. The Morgan fingerprint density at radius 2 is 1.97 bits per heavy atom. The van der Waals surface area contributed by atoms with Crippen molar-refractivity contribution in [2.75, 3.05) is 0 Å². The molecule has 1 aromatic heterocycles. The third-order valence-corrected chi connectivity index (χ3v) is 7.28. The van der Waals surface area contributed by atoms with Crippen LogP contribution < -0.4 is 5.32 Å². The lowest BCUT2D eigenvalue weighted by molar-refractivity contribution is -0.122. The van der Waals surface area contributed by atoms with Crippen LogP contribution in [0.15, 0.2) is 36.0 Å². The largest absolute Gasteiger partial charge is 0.483 e. The van der Waals surface area contributed by atoms with E-state index in [-0.39, 0.29) is 12.4 Å². The number of carbonyl (C=O) groups excluding carboxylic acids is 1. The normalized spacial score (nSPS) is 20.7. The molecule has 0 aromatic carbocycles. The molecule has 2 aliphatic carbocycles. The summed E-state index contributed by atoms with van der Waals surface area (Å²) in [5, 5.41) is 12.4. The number of aromatic nitrogens is 2. The van der Waals surface area contributed by atoms with E-state index in [1.807, 2.05) is 6.20 Å². The van der Waals surface area contributed by atoms with E-state index in [0.717, 1.165) is 49.2 Å². The van der Waals surface area contributed by atoms with E-state index in [9.17, 15) is 4.79 Å². The van der Waals surface area contributed by atoms with Crippen LogP contribution in [-0.4, -0.2) is 33.1 Å². The Bertz CT molecular complexity index is 972. The molecule has 4 aliphatic rings. The predicted molar refractivity (Wildman–Crippen MR) is 117 cm³/mol. The number of hydrogen-bond acceptors (Lipinski definition) is 4. The molecule has 158 valence electrons. The second kappa shape index (κ2) is 9.43. The summed E-state index contributed by atoms with van der Waals surface area (Å²) in [5.41, 5.74) is 3.93. The lowest BCUT2D eigenvalue weighted by Crippen LogP contribution is -2.38. The number of pyridine rings is 1. The van der Waals surface area contributed by atoms with Crippen molar-refractivity contribution < 1.29 is 14.7 Å². The van der Waals surface area contributed by atoms with Gasteiger partial charge in [0.1, 0.15) is 5.82 Å². The molecular formula is C23H27N3O3S. The maximum atomic E-state index is 12.8. The number of fused-ring (bicyclic) bond motifs is 2. The van der Waals surface area contributed by atoms with Gasteiger partial charge in [-0.05, 0) is 86.1 Å². The summed E-state index contributed by atoms with van der Waals surface area (Å²) >= 11 is 1.64. The van der Waals surface area contributed by atoms with Crippen LogP contribution in [0.25, 0.3) is 11.4 Å². The van der Waals surface area contributed by atoms with Crippen LogP contribution in [-0.2, 0) is 17.6 Å². The third kappa shape index (κ3) is 4.26. The van der Waals surface area contributed by atoms with Crippen LogP contribution in [0.5, 0.6) is 0 Å². The molecule has 1 saturated carbocycles. The summed E-state index contributed by atoms with van der Waals surface area (Å²) in [5.74, 6) is 1.23. The molecule has 5 rings (SSSR count). The van der Waals surface area contributed by atoms with Crippen LogP contribution in [0.3, 0.4) is 0 Å². The first kappa shape index (κ1) is 20.6. The number of nitrogens with zero attached hydrogens (tertiary/aromatic N) is 2. The van der Waals surface area contributed by atoms with Crippen LogP contribution in [0, 0.1) is 0 Å². The Morgan fingerprint density at radius 3 is 2.77 bits per heavy atom. The van der Waals surface area contributed by atoms with Gasteiger partial charge in [0, 0.05) is 30.0 Å². The van der Waals surface area contributed by atoms with Crippen molar-refractivity contribution in [2.45, 2.75) is 63.5 Å². The highest BCUT2D eigenvalue weighted by Gasteiger charge is 2.27. The second-order valence-corrected chi connectivity index (χ2v) is 8.88. The minimum Gasteiger partial charge on any atom is -0.483 e. The minimum absolute atomic E-state index is 0.152. The highest BCUT2D eigenvalue weighted by molar-refractivity contribution is 7.12. The van der Waals surface area contributed by atoms with Crippen molar-refractivity contribution in [3.63, 3.8) is 0 Å². The van der Waals surface area contributed by atoms with Crippen molar-refractivity contribution in [3.8, 4) is 11.4 Å². The second-order valence-electron chi connectivity index (χ2n) is 8.00. The van der Waals surface area contributed by atoms with Gasteiger partial charge in [-0.1, -0.05) is 0 Å². The van der Waals surface area contributed by atoms with Gasteiger partial charge in [0.05, 0.1) is 4.88 Å². The molecule has 2 aliphatic heterocycles. The molecule has 0 spiro atoms. The van der Waals surface area contributed by atoms with Gasteiger partial charge in [-0.25, -0.2) is 4.98 Å². The molecule has 7 heteroatoms.